The van der Waals surface area contributed by atoms with Gasteiger partial charge in [0, 0.05) is 6.07 Å². The van der Waals surface area contributed by atoms with Crippen molar-refractivity contribution in [1.82, 2.24) is 5.32 Å². The zero-order valence-corrected chi connectivity index (χ0v) is 10.4. The lowest BCUT2D eigenvalue weighted by atomic mass is 10.1. The Labute approximate surface area is 110 Å². The molecule has 1 amide bonds. The maximum Gasteiger partial charge on any atom is 0.282 e. The number of amides is 1. The smallest absolute Gasteiger partial charge is 0.282 e. The number of hydrogen-bond acceptors (Lipinski definition) is 4. The van der Waals surface area contributed by atoms with Gasteiger partial charge in [-0.25, -0.2) is 0 Å². The summed E-state index contributed by atoms with van der Waals surface area (Å²) in [4.78, 5) is 22.4. The van der Waals surface area contributed by atoms with Crippen LogP contribution in [0.15, 0.2) is 18.2 Å². The molecule has 0 bridgehead atoms. The molecule has 1 N–H and O–H groups in total. The number of rotatable bonds is 4. The Balaban J connectivity index is 2.25. The van der Waals surface area contributed by atoms with Gasteiger partial charge in [-0.2, -0.15) is 5.26 Å². The summed E-state index contributed by atoms with van der Waals surface area (Å²) in [7, 11) is 0. The Morgan fingerprint density at radius 1 is 1.58 bits per heavy atom. The maximum absolute atomic E-state index is 12.1. The minimum atomic E-state index is -0.590. The molecule has 19 heavy (non-hydrogen) atoms. The number of benzene rings is 1. The highest BCUT2D eigenvalue weighted by molar-refractivity contribution is 5.98. The van der Waals surface area contributed by atoms with Gasteiger partial charge in [0.2, 0.25) is 0 Å². The summed E-state index contributed by atoms with van der Waals surface area (Å²) in [5.41, 5.74) is 0.525. The number of carbonyl (C=O) groups excluding carboxylic acids is 1. The van der Waals surface area contributed by atoms with Gasteiger partial charge >= 0.3 is 0 Å². The molecular weight excluding hydrogens is 246 g/mol. The second-order valence-corrected chi connectivity index (χ2v) is 4.70. The van der Waals surface area contributed by atoms with Crippen LogP contribution in [0, 0.1) is 34.3 Å². The molecule has 6 nitrogen and oxygen atoms in total. The van der Waals surface area contributed by atoms with E-state index in [4.69, 9.17) is 5.26 Å². The molecule has 6 heteroatoms. The van der Waals surface area contributed by atoms with Crippen molar-refractivity contribution in [2.75, 3.05) is 0 Å². The van der Waals surface area contributed by atoms with Crippen molar-refractivity contribution in [3.63, 3.8) is 0 Å². The fourth-order valence-corrected chi connectivity index (χ4v) is 1.90. The van der Waals surface area contributed by atoms with Gasteiger partial charge in [-0.1, -0.05) is 6.07 Å². The van der Waals surface area contributed by atoms with Crippen LogP contribution in [0.4, 0.5) is 5.69 Å². The standard InChI is InChI=1S/C13H13N3O3/c1-8-2-5-12(16(18)19)10(6-8)13(17)15-11(7-14)9-3-4-9/h2,5-6,9,11H,3-4H2,1H3,(H,15,17). The van der Waals surface area contributed by atoms with Crippen LogP contribution < -0.4 is 5.32 Å². The van der Waals surface area contributed by atoms with Crippen molar-refractivity contribution in [3.05, 3.63) is 39.4 Å². The highest BCUT2D eigenvalue weighted by Gasteiger charge is 2.33. The van der Waals surface area contributed by atoms with Crippen LogP contribution in [-0.4, -0.2) is 16.9 Å². The number of carbonyl (C=O) groups is 1. The molecule has 1 atom stereocenters. The van der Waals surface area contributed by atoms with E-state index in [0.29, 0.717) is 0 Å². The van der Waals surface area contributed by atoms with Crippen molar-refractivity contribution >= 4 is 11.6 Å². The molecule has 0 spiro atoms. The van der Waals surface area contributed by atoms with E-state index in [-0.39, 0.29) is 17.2 Å². The van der Waals surface area contributed by atoms with E-state index < -0.39 is 16.9 Å². The minimum Gasteiger partial charge on any atom is -0.336 e. The van der Waals surface area contributed by atoms with E-state index in [9.17, 15) is 14.9 Å². The molecule has 0 radical (unpaired) electrons. The predicted octanol–water partition coefficient (Wildman–Crippen LogP) is 1.94. The lowest BCUT2D eigenvalue weighted by Gasteiger charge is -2.10. The normalized spacial score (nSPS) is 15.4. The van der Waals surface area contributed by atoms with E-state index in [2.05, 4.69) is 5.32 Å². The number of nitriles is 1. The Kier molecular flexibility index (Phi) is 3.47. The quantitative estimate of drug-likeness (QED) is 0.660. The van der Waals surface area contributed by atoms with Crippen LogP contribution >= 0.6 is 0 Å². The first-order valence-electron chi connectivity index (χ1n) is 5.98. The zero-order chi connectivity index (χ0) is 14.0. The zero-order valence-electron chi connectivity index (χ0n) is 10.4. The number of nitro benzene ring substituents is 1. The number of nitro groups is 1. The molecule has 1 aliphatic rings. The van der Waals surface area contributed by atoms with Crippen LogP contribution in [0.5, 0.6) is 0 Å². The number of nitrogens with zero attached hydrogens (tertiary/aromatic N) is 2. The SMILES string of the molecule is Cc1ccc([N+](=O)[O-])c(C(=O)NC(C#N)C2CC2)c1. The largest absolute Gasteiger partial charge is 0.336 e. The Bertz CT molecular complexity index is 573. The molecule has 0 heterocycles. The lowest BCUT2D eigenvalue weighted by Crippen LogP contribution is -2.35. The second kappa shape index (κ2) is 5.06. The van der Waals surface area contributed by atoms with E-state index in [1.807, 2.05) is 6.07 Å². The van der Waals surface area contributed by atoms with Gasteiger partial charge in [-0.15, -0.1) is 0 Å². The molecule has 0 saturated heterocycles. The van der Waals surface area contributed by atoms with Gasteiger partial charge < -0.3 is 5.32 Å². The van der Waals surface area contributed by atoms with Crippen molar-refractivity contribution in [2.24, 2.45) is 5.92 Å². The number of aryl methyl sites for hydroxylation is 1. The summed E-state index contributed by atoms with van der Waals surface area (Å²) >= 11 is 0. The second-order valence-electron chi connectivity index (χ2n) is 4.70. The molecule has 1 aromatic rings. The highest BCUT2D eigenvalue weighted by Crippen LogP contribution is 2.32. The van der Waals surface area contributed by atoms with Gasteiger partial charge in [0.1, 0.15) is 11.6 Å². The summed E-state index contributed by atoms with van der Waals surface area (Å²) < 4.78 is 0. The number of hydrogen-bond donors (Lipinski definition) is 1. The van der Waals surface area contributed by atoms with E-state index in [1.165, 1.54) is 12.1 Å². The first kappa shape index (κ1) is 13.0. The third kappa shape index (κ3) is 2.88. The Morgan fingerprint density at radius 2 is 2.26 bits per heavy atom. The van der Waals surface area contributed by atoms with Crippen LogP contribution in [0.3, 0.4) is 0 Å². The average Bonchev–Trinajstić information content (AvgIpc) is 3.19. The molecule has 1 aromatic carbocycles. The summed E-state index contributed by atoms with van der Waals surface area (Å²) in [6.45, 7) is 1.75. The van der Waals surface area contributed by atoms with Crippen molar-refractivity contribution in [1.29, 1.82) is 5.26 Å². The molecule has 1 fully saturated rings. The third-order valence-electron chi connectivity index (χ3n) is 3.11. The summed E-state index contributed by atoms with van der Waals surface area (Å²) in [6.07, 6.45) is 1.82. The van der Waals surface area contributed by atoms with Crippen molar-refractivity contribution in [2.45, 2.75) is 25.8 Å². The number of nitrogens with one attached hydrogen (secondary N) is 1. The third-order valence-corrected chi connectivity index (χ3v) is 3.11. The van der Waals surface area contributed by atoms with Crippen LogP contribution in [0.2, 0.25) is 0 Å². The molecular formula is C13H13N3O3. The van der Waals surface area contributed by atoms with E-state index in [0.717, 1.165) is 18.4 Å². The summed E-state index contributed by atoms with van der Waals surface area (Å²) in [5.74, 6) is -0.383. The van der Waals surface area contributed by atoms with E-state index in [1.54, 1.807) is 13.0 Å². The molecule has 1 aliphatic carbocycles. The first-order valence-corrected chi connectivity index (χ1v) is 5.98. The van der Waals surface area contributed by atoms with E-state index >= 15 is 0 Å². The van der Waals surface area contributed by atoms with Crippen LogP contribution in [-0.2, 0) is 0 Å². The molecule has 1 unspecified atom stereocenters. The fourth-order valence-electron chi connectivity index (χ4n) is 1.90. The molecule has 0 aromatic heterocycles. The minimum absolute atomic E-state index is 0.00546. The van der Waals surface area contributed by atoms with Gasteiger partial charge in [-0.3, -0.25) is 14.9 Å². The molecule has 2 rings (SSSR count). The maximum atomic E-state index is 12.1. The summed E-state index contributed by atoms with van der Waals surface area (Å²) in [5, 5.41) is 22.4. The summed E-state index contributed by atoms with van der Waals surface area (Å²) in [6, 6.07) is 5.82. The van der Waals surface area contributed by atoms with Gasteiger partial charge in [0.25, 0.3) is 11.6 Å². The first-order chi connectivity index (χ1) is 9.02. The van der Waals surface area contributed by atoms with Gasteiger partial charge in [-0.05, 0) is 37.3 Å². The predicted molar refractivity (Wildman–Crippen MR) is 67.4 cm³/mol. The highest BCUT2D eigenvalue weighted by atomic mass is 16.6. The lowest BCUT2D eigenvalue weighted by molar-refractivity contribution is -0.385. The van der Waals surface area contributed by atoms with Crippen molar-refractivity contribution in [3.8, 4) is 6.07 Å². The fraction of sp³-hybridized carbons (Fsp3) is 0.385. The average molecular weight is 259 g/mol. The molecule has 0 aliphatic heterocycles. The Morgan fingerprint density at radius 3 is 2.79 bits per heavy atom. The van der Waals surface area contributed by atoms with Crippen LogP contribution in [0.1, 0.15) is 28.8 Å². The monoisotopic (exact) mass is 259 g/mol. The Hall–Kier alpha value is -2.42. The molecule has 1 saturated carbocycles. The molecule has 98 valence electrons. The van der Waals surface area contributed by atoms with Gasteiger partial charge in [0.05, 0.1) is 11.0 Å². The van der Waals surface area contributed by atoms with Crippen LogP contribution in [0.25, 0.3) is 0 Å². The van der Waals surface area contributed by atoms with Crippen molar-refractivity contribution < 1.29 is 9.72 Å². The topological polar surface area (TPSA) is 96.0 Å². The van der Waals surface area contributed by atoms with Gasteiger partial charge in [0.15, 0.2) is 0 Å².